The molecule has 0 bridgehead atoms. The molecule has 0 aromatic carbocycles. The van der Waals surface area contributed by atoms with Gasteiger partial charge in [0.15, 0.2) is 0 Å². The summed E-state index contributed by atoms with van der Waals surface area (Å²) in [5, 5.41) is 3.78. The number of likely N-dealkylation sites (tertiary alicyclic amines) is 1. The first-order valence-electron chi connectivity index (χ1n) is 7.80. The molecule has 0 unspecified atom stereocenters. The Kier molecular flexibility index (Phi) is 3.98. The molecular weight excluding hydrogens is 379 g/mol. The lowest BCUT2D eigenvalue weighted by Crippen LogP contribution is -2.61. The number of fused-ring (bicyclic) bond motifs is 2. The Morgan fingerprint density at radius 1 is 1.27 bits per heavy atom. The quantitative estimate of drug-likeness (QED) is 0.560. The van der Waals surface area contributed by atoms with Gasteiger partial charge in [0.1, 0.15) is 5.60 Å². The van der Waals surface area contributed by atoms with Crippen molar-refractivity contribution in [1.82, 2.24) is 14.7 Å². The number of nitrogens with zero attached hydrogens (tertiary/aromatic N) is 3. The van der Waals surface area contributed by atoms with Gasteiger partial charge in [0.2, 0.25) is 0 Å². The van der Waals surface area contributed by atoms with Gasteiger partial charge in [-0.2, -0.15) is 21.6 Å². The third kappa shape index (κ3) is 3.21. The largest absolute Gasteiger partial charge is 0.534 e. The number of aromatic nitrogens is 2. The van der Waals surface area contributed by atoms with Crippen LogP contribution in [0, 0.1) is 0 Å². The molecule has 1 fully saturated rings. The molecule has 0 radical (unpaired) electrons. The van der Waals surface area contributed by atoms with Gasteiger partial charge in [0, 0.05) is 31.1 Å². The number of alkyl halides is 3. The maximum absolute atomic E-state index is 12.4. The molecule has 3 rings (SSSR count). The molecule has 1 saturated heterocycles. The number of halogens is 3. The summed E-state index contributed by atoms with van der Waals surface area (Å²) in [6, 6.07) is 1.18. The van der Waals surface area contributed by atoms with E-state index in [-0.39, 0.29) is 0 Å². The highest BCUT2D eigenvalue weighted by molar-refractivity contribution is 7.87. The fourth-order valence-corrected chi connectivity index (χ4v) is 3.50. The van der Waals surface area contributed by atoms with E-state index in [1.54, 1.807) is 20.8 Å². The molecule has 12 heteroatoms. The highest BCUT2D eigenvalue weighted by atomic mass is 32.2. The van der Waals surface area contributed by atoms with Gasteiger partial charge in [-0.25, -0.2) is 4.79 Å². The maximum Gasteiger partial charge on any atom is 0.534 e. The minimum Gasteiger partial charge on any atom is -0.444 e. The zero-order valence-corrected chi connectivity index (χ0v) is 15.1. The molecule has 0 atom stereocenters. The standard InChI is InChI=1S/C14H18F3N3O5S/c1-12(2,3)24-11(21)19-7-13(8-19)4-5-20-9(13)6-10(18-20)25-26(22,23)14(15,16)17/h6H,4-5,7-8H2,1-3H3. The molecule has 1 amide bonds. The number of carbonyl (C=O) groups excluding carboxylic acids is 1. The van der Waals surface area contributed by atoms with Crippen LogP contribution in [0.4, 0.5) is 18.0 Å². The van der Waals surface area contributed by atoms with Gasteiger partial charge in [0.05, 0.1) is 5.69 Å². The van der Waals surface area contributed by atoms with Crippen LogP contribution in [-0.4, -0.2) is 53.4 Å². The minimum atomic E-state index is -5.77. The van der Waals surface area contributed by atoms with Crippen LogP contribution in [0.25, 0.3) is 0 Å². The average Bonchev–Trinajstić information content (AvgIpc) is 2.90. The summed E-state index contributed by atoms with van der Waals surface area (Å²) in [6.45, 7) is 6.27. The SMILES string of the molecule is CC(C)(C)OC(=O)N1CC2(CCn3nc(OS(=O)(=O)C(F)(F)F)cc32)C1. The molecule has 8 nitrogen and oxygen atoms in total. The van der Waals surface area contributed by atoms with Crippen LogP contribution in [0.3, 0.4) is 0 Å². The number of hydrogen-bond acceptors (Lipinski definition) is 6. The van der Waals surface area contributed by atoms with Crippen LogP contribution in [-0.2, 0) is 26.8 Å². The first-order valence-corrected chi connectivity index (χ1v) is 9.20. The number of carbonyl (C=O) groups is 1. The number of rotatable bonds is 2. The monoisotopic (exact) mass is 397 g/mol. The second kappa shape index (κ2) is 5.51. The fraction of sp³-hybridized carbons (Fsp3) is 0.714. The molecule has 26 heavy (non-hydrogen) atoms. The molecule has 2 aliphatic heterocycles. The third-order valence-electron chi connectivity index (χ3n) is 4.22. The average molecular weight is 397 g/mol. The van der Waals surface area contributed by atoms with E-state index in [2.05, 4.69) is 9.28 Å². The molecule has 2 aliphatic rings. The predicted molar refractivity (Wildman–Crippen MR) is 81.9 cm³/mol. The number of amides is 1. The van der Waals surface area contributed by atoms with Crippen molar-refractivity contribution in [3.8, 4) is 5.88 Å². The Bertz CT molecular complexity index is 835. The Morgan fingerprint density at radius 3 is 2.42 bits per heavy atom. The van der Waals surface area contributed by atoms with E-state index in [9.17, 15) is 26.4 Å². The van der Waals surface area contributed by atoms with Crippen LogP contribution in [0.5, 0.6) is 5.88 Å². The van der Waals surface area contributed by atoms with Gasteiger partial charge < -0.3 is 13.8 Å². The summed E-state index contributed by atoms with van der Waals surface area (Å²) < 4.78 is 70.2. The van der Waals surface area contributed by atoms with E-state index in [1.165, 1.54) is 15.6 Å². The van der Waals surface area contributed by atoms with E-state index >= 15 is 0 Å². The van der Waals surface area contributed by atoms with E-state index in [4.69, 9.17) is 4.74 Å². The summed E-state index contributed by atoms with van der Waals surface area (Å²) in [5.41, 5.74) is -6.09. The fourth-order valence-electron chi connectivity index (χ4n) is 3.10. The summed E-state index contributed by atoms with van der Waals surface area (Å²) >= 11 is 0. The molecule has 1 aromatic rings. The molecular formula is C14H18F3N3O5S. The van der Waals surface area contributed by atoms with Crippen molar-refractivity contribution in [3.63, 3.8) is 0 Å². The first-order chi connectivity index (χ1) is 11.7. The molecule has 0 aliphatic carbocycles. The Labute approximate surface area is 148 Å². The second-order valence-corrected chi connectivity index (χ2v) is 8.98. The topological polar surface area (TPSA) is 90.7 Å². The lowest BCUT2D eigenvalue weighted by Gasteiger charge is -2.47. The molecule has 1 aromatic heterocycles. The lowest BCUT2D eigenvalue weighted by atomic mass is 9.76. The van der Waals surface area contributed by atoms with Gasteiger partial charge in [-0.1, -0.05) is 0 Å². The zero-order chi connectivity index (χ0) is 19.5. The second-order valence-electron chi connectivity index (χ2n) is 7.44. The van der Waals surface area contributed by atoms with E-state index < -0.39 is 38.6 Å². The van der Waals surface area contributed by atoms with Crippen LogP contribution in [0.1, 0.15) is 32.9 Å². The summed E-state index contributed by atoms with van der Waals surface area (Å²) in [4.78, 5) is 13.5. The highest BCUT2D eigenvalue weighted by Gasteiger charge is 2.53. The van der Waals surface area contributed by atoms with Crippen molar-refractivity contribution >= 4 is 16.2 Å². The van der Waals surface area contributed by atoms with Crippen molar-refractivity contribution < 1.29 is 35.3 Å². The van der Waals surface area contributed by atoms with Gasteiger partial charge in [-0.3, -0.25) is 4.68 Å². The summed E-state index contributed by atoms with van der Waals surface area (Å²) in [6.07, 6.45) is 0.165. The maximum atomic E-state index is 12.4. The van der Waals surface area contributed by atoms with E-state index in [0.29, 0.717) is 31.7 Å². The van der Waals surface area contributed by atoms with Crippen molar-refractivity contribution in [2.45, 2.75) is 50.3 Å². The molecule has 3 heterocycles. The summed E-state index contributed by atoms with van der Waals surface area (Å²) in [5.74, 6) is -0.632. The van der Waals surface area contributed by atoms with Crippen LogP contribution in [0.15, 0.2) is 6.07 Å². The van der Waals surface area contributed by atoms with Crippen LogP contribution >= 0.6 is 0 Å². The van der Waals surface area contributed by atoms with Gasteiger partial charge in [0.25, 0.3) is 5.88 Å². The van der Waals surface area contributed by atoms with Gasteiger partial charge in [-0.15, -0.1) is 5.10 Å². The third-order valence-corrected chi connectivity index (χ3v) is 5.18. The molecule has 1 spiro atoms. The van der Waals surface area contributed by atoms with Gasteiger partial charge in [-0.05, 0) is 27.2 Å². The van der Waals surface area contributed by atoms with Crippen molar-refractivity contribution in [3.05, 3.63) is 11.8 Å². The van der Waals surface area contributed by atoms with E-state index in [1.807, 2.05) is 0 Å². The molecule has 146 valence electrons. The molecule has 0 N–H and O–H groups in total. The smallest absolute Gasteiger partial charge is 0.444 e. The number of aryl methyl sites for hydroxylation is 1. The molecule has 0 saturated carbocycles. The van der Waals surface area contributed by atoms with Crippen molar-refractivity contribution in [2.24, 2.45) is 0 Å². The van der Waals surface area contributed by atoms with Crippen molar-refractivity contribution in [2.75, 3.05) is 13.1 Å². The Morgan fingerprint density at radius 2 is 1.88 bits per heavy atom. The van der Waals surface area contributed by atoms with Crippen LogP contribution < -0.4 is 4.18 Å². The predicted octanol–water partition coefficient (Wildman–Crippen LogP) is 2.00. The summed E-state index contributed by atoms with van der Waals surface area (Å²) in [7, 11) is -5.77. The minimum absolute atomic E-state index is 0.319. The first kappa shape index (κ1) is 18.8. The van der Waals surface area contributed by atoms with E-state index in [0.717, 1.165) is 0 Å². The normalized spacial score (nSPS) is 19.2. The Balaban J connectivity index is 1.72. The van der Waals surface area contributed by atoms with Gasteiger partial charge >= 0.3 is 21.7 Å². The van der Waals surface area contributed by atoms with Crippen LogP contribution in [0.2, 0.25) is 0 Å². The van der Waals surface area contributed by atoms with Crippen molar-refractivity contribution in [1.29, 1.82) is 0 Å². The Hall–Kier alpha value is -1.98. The highest BCUT2D eigenvalue weighted by Crippen LogP contribution is 2.44. The number of ether oxygens (including phenoxy) is 1. The zero-order valence-electron chi connectivity index (χ0n) is 14.3. The number of hydrogen-bond donors (Lipinski definition) is 0. The lowest BCUT2D eigenvalue weighted by molar-refractivity contribution is -0.0501.